The summed E-state index contributed by atoms with van der Waals surface area (Å²) in [6, 6.07) is 0. The van der Waals surface area contributed by atoms with Gasteiger partial charge in [-0.1, -0.05) is 24.6 Å². The third-order valence-corrected chi connectivity index (χ3v) is 9.25. The molecule has 0 saturated carbocycles. The predicted octanol–water partition coefficient (Wildman–Crippen LogP) is 5.40. The van der Waals surface area contributed by atoms with Crippen molar-refractivity contribution in [1.82, 2.24) is 14.8 Å². The highest BCUT2D eigenvalue weighted by Crippen LogP contribution is 2.38. The molecule has 7 nitrogen and oxygen atoms in total. The quantitative estimate of drug-likeness (QED) is 0.357. The molecule has 1 aliphatic carbocycles. The summed E-state index contributed by atoms with van der Waals surface area (Å²) >= 11 is 4.54. The van der Waals surface area contributed by atoms with Crippen LogP contribution in [0.5, 0.6) is 0 Å². The Kier molecular flexibility index (Phi) is 7.55. The van der Waals surface area contributed by atoms with E-state index >= 15 is 0 Å². The number of thioether (sulfide) groups is 1. The van der Waals surface area contributed by atoms with Gasteiger partial charge < -0.3 is 14.6 Å². The fraction of sp³-hybridized carbons (Fsp3) is 0.478. The highest BCUT2D eigenvalue weighted by atomic mass is 32.2. The first-order valence-electron chi connectivity index (χ1n) is 11.0. The van der Waals surface area contributed by atoms with E-state index in [4.69, 9.17) is 4.74 Å². The molecule has 0 aliphatic heterocycles. The molecule has 0 spiro atoms. The third-order valence-electron chi connectivity index (χ3n) is 6.01. The first-order valence-corrected chi connectivity index (χ1v) is 13.7. The second-order valence-electron chi connectivity index (χ2n) is 8.15. The Balaban J connectivity index is 1.48. The van der Waals surface area contributed by atoms with Crippen LogP contribution in [0.15, 0.2) is 10.5 Å². The average molecular weight is 505 g/mol. The number of methoxy groups -OCH3 is 1. The monoisotopic (exact) mass is 504 g/mol. The molecule has 0 aromatic carbocycles. The molecule has 4 rings (SSSR count). The summed E-state index contributed by atoms with van der Waals surface area (Å²) in [5.41, 5.74) is 3.85. The minimum absolute atomic E-state index is 0.175. The number of nitrogens with zero attached hydrogens (tertiary/aromatic N) is 3. The second kappa shape index (κ2) is 10.4. The molecule has 10 heteroatoms. The van der Waals surface area contributed by atoms with Gasteiger partial charge in [-0.3, -0.25) is 4.79 Å². The van der Waals surface area contributed by atoms with Gasteiger partial charge >= 0.3 is 5.97 Å². The SMILES string of the molecule is COC(=O)c1c(NC(=O)CSc2nnc(-c3csc(C)c3C)n2C)sc2c1CCCCCC2. The maximum atomic E-state index is 12.8. The van der Waals surface area contributed by atoms with Crippen LogP contribution in [0.4, 0.5) is 5.00 Å². The zero-order valence-corrected chi connectivity index (χ0v) is 21.8. The summed E-state index contributed by atoms with van der Waals surface area (Å²) in [5, 5.41) is 15.0. The standard InChI is InChI=1S/C23H28N4O3S3/c1-13-14(2)31-11-16(13)20-25-26-23(27(20)3)32-12-18(28)24-21-19(22(29)30-4)15-9-7-5-6-8-10-17(15)33-21/h11H,5-10,12H2,1-4H3,(H,24,28). The summed E-state index contributed by atoms with van der Waals surface area (Å²) in [7, 11) is 3.30. The van der Waals surface area contributed by atoms with E-state index in [1.807, 2.05) is 11.6 Å². The van der Waals surface area contributed by atoms with Crippen LogP contribution in [0, 0.1) is 13.8 Å². The molecule has 1 N–H and O–H groups in total. The first-order chi connectivity index (χ1) is 15.9. The molecule has 0 unspecified atom stereocenters. The van der Waals surface area contributed by atoms with Gasteiger partial charge in [-0.2, -0.15) is 0 Å². The number of fused-ring (bicyclic) bond motifs is 1. The molecule has 0 radical (unpaired) electrons. The average Bonchev–Trinajstić information content (AvgIpc) is 3.42. The maximum Gasteiger partial charge on any atom is 0.341 e. The van der Waals surface area contributed by atoms with Gasteiger partial charge in [0.05, 0.1) is 18.4 Å². The van der Waals surface area contributed by atoms with Gasteiger partial charge in [0.25, 0.3) is 0 Å². The maximum absolute atomic E-state index is 12.8. The fourth-order valence-corrected chi connectivity index (χ4v) is 6.90. The summed E-state index contributed by atoms with van der Waals surface area (Å²) in [6.07, 6.45) is 6.32. The van der Waals surface area contributed by atoms with Crippen LogP contribution < -0.4 is 5.32 Å². The smallest absolute Gasteiger partial charge is 0.341 e. The lowest BCUT2D eigenvalue weighted by Crippen LogP contribution is -2.16. The van der Waals surface area contributed by atoms with E-state index in [9.17, 15) is 9.59 Å². The van der Waals surface area contributed by atoms with E-state index in [-0.39, 0.29) is 17.6 Å². The van der Waals surface area contributed by atoms with Crippen LogP contribution in [0.1, 0.15) is 56.9 Å². The number of rotatable bonds is 6. The Hall–Kier alpha value is -2.17. The molecule has 1 aliphatic rings. The Labute approximate surface area is 206 Å². The lowest BCUT2D eigenvalue weighted by atomic mass is 9.96. The van der Waals surface area contributed by atoms with Crippen molar-refractivity contribution in [2.75, 3.05) is 18.2 Å². The normalized spacial score (nSPS) is 13.8. The largest absolute Gasteiger partial charge is 0.465 e. The van der Waals surface area contributed by atoms with Gasteiger partial charge in [0.15, 0.2) is 11.0 Å². The molecule has 0 bridgehead atoms. The van der Waals surface area contributed by atoms with Crippen LogP contribution in [0.2, 0.25) is 0 Å². The number of carbonyl (C=O) groups is 2. The van der Waals surface area contributed by atoms with Crippen molar-refractivity contribution in [3.63, 3.8) is 0 Å². The van der Waals surface area contributed by atoms with Crippen molar-refractivity contribution in [1.29, 1.82) is 0 Å². The Morgan fingerprint density at radius 1 is 1.18 bits per heavy atom. The number of aromatic nitrogens is 3. The number of esters is 1. The first kappa shape index (κ1) is 24.0. The highest BCUT2D eigenvalue weighted by Gasteiger charge is 2.26. The molecule has 1 amide bonds. The summed E-state index contributed by atoms with van der Waals surface area (Å²) < 4.78 is 6.97. The van der Waals surface area contributed by atoms with Crippen molar-refractivity contribution >= 4 is 51.3 Å². The molecular weight excluding hydrogens is 476 g/mol. The van der Waals surface area contributed by atoms with Gasteiger partial charge in [-0.25, -0.2) is 4.79 Å². The summed E-state index contributed by atoms with van der Waals surface area (Å²) in [4.78, 5) is 27.8. The lowest BCUT2D eigenvalue weighted by molar-refractivity contribution is -0.113. The Morgan fingerprint density at radius 2 is 1.94 bits per heavy atom. The van der Waals surface area contributed by atoms with Crippen molar-refractivity contribution in [3.8, 4) is 11.4 Å². The minimum Gasteiger partial charge on any atom is -0.465 e. The van der Waals surface area contributed by atoms with E-state index in [1.54, 1.807) is 11.3 Å². The molecular formula is C23H28N4O3S3. The molecule has 0 saturated heterocycles. The van der Waals surface area contributed by atoms with Crippen LogP contribution in [0.3, 0.4) is 0 Å². The van der Waals surface area contributed by atoms with E-state index in [0.717, 1.165) is 42.6 Å². The van der Waals surface area contributed by atoms with Crippen molar-refractivity contribution in [3.05, 3.63) is 31.8 Å². The van der Waals surface area contributed by atoms with Gasteiger partial charge in [0, 0.05) is 27.7 Å². The van der Waals surface area contributed by atoms with Crippen LogP contribution in [0.25, 0.3) is 11.4 Å². The van der Waals surface area contributed by atoms with E-state index in [1.165, 1.54) is 58.4 Å². The van der Waals surface area contributed by atoms with E-state index < -0.39 is 0 Å². The van der Waals surface area contributed by atoms with Crippen LogP contribution in [-0.4, -0.2) is 39.5 Å². The van der Waals surface area contributed by atoms with Crippen LogP contribution in [-0.2, 0) is 29.4 Å². The lowest BCUT2D eigenvalue weighted by Gasteiger charge is -2.11. The number of nitrogens with one attached hydrogen (secondary N) is 1. The van der Waals surface area contributed by atoms with Gasteiger partial charge in [0.1, 0.15) is 5.00 Å². The molecule has 3 aromatic heterocycles. The third kappa shape index (κ3) is 5.02. The van der Waals surface area contributed by atoms with E-state index in [0.29, 0.717) is 15.7 Å². The zero-order chi connectivity index (χ0) is 23.5. The number of thiophene rings is 2. The summed E-state index contributed by atoms with van der Waals surface area (Å²) in [6.45, 7) is 4.17. The number of ether oxygens (including phenoxy) is 1. The topological polar surface area (TPSA) is 86.1 Å². The van der Waals surface area contributed by atoms with Crippen molar-refractivity contribution in [2.45, 2.75) is 57.5 Å². The second-order valence-corrected chi connectivity index (χ2v) is 11.3. The number of aryl methyl sites for hydroxylation is 2. The zero-order valence-electron chi connectivity index (χ0n) is 19.3. The molecule has 3 aromatic rings. The summed E-state index contributed by atoms with van der Waals surface area (Å²) in [5.74, 6) is 0.421. The highest BCUT2D eigenvalue weighted by molar-refractivity contribution is 7.99. The van der Waals surface area contributed by atoms with Crippen molar-refractivity contribution < 1.29 is 14.3 Å². The number of amides is 1. The number of hydrogen-bond acceptors (Lipinski definition) is 8. The fourth-order valence-electron chi connectivity index (χ4n) is 4.03. The molecule has 3 heterocycles. The molecule has 0 fully saturated rings. The minimum atomic E-state index is -0.379. The van der Waals surface area contributed by atoms with Crippen molar-refractivity contribution in [2.24, 2.45) is 7.05 Å². The molecule has 0 atom stereocenters. The molecule has 33 heavy (non-hydrogen) atoms. The number of anilines is 1. The Bertz CT molecular complexity index is 1180. The molecule has 176 valence electrons. The van der Waals surface area contributed by atoms with E-state index in [2.05, 4.69) is 34.7 Å². The van der Waals surface area contributed by atoms with Crippen LogP contribution >= 0.6 is 34.4 Å². The Morgan fingerprint density at radius 3 is 2.64 bits per heavy atom. The number of hydrogen-bond donors (Lipinski definition) is 1. The van der Waals surface area contributed by atoms with Gasteiger partial charge in [0.2, 0.25) is 5.91 Å². The number of carbonyl (C=O) groups excluding carboxylic acids is 2. The predicted molar refractivity (Wildman–Crippen MR) is 135 cm³/mol. The van der Waals surface area contributed by atoms with Gasteiger partial charge in [-0.15, -0.1) is 32.9 Å². The van der Waals surface area contributed by atoms with Gasteiger partial charge in [-0.05, 0) is 50.7 Å².